The molecule has 0 saturated carbocycles. The van der Waals surface area contributed by atoms with Crippen LogP contribution in [0.4, 0.5) is 0 Å². The molecular formula is C9H12O2P. The van der Waals surface area contributed by atoms with Crippen molar-refractivity contribution in [2.45, 2.75) is 6.42 Å². The number of hydrogen-bond acceptors (Lipinski definition) is 2. The maximum atomic E-state index is 10.9. The maximum Gasteiger partial charge on any atom is 0.212 e. The van der Waals surface area contributed by atoms with E-state index in [0.717, 1.165) is 6.42 Å². The fourth-order valence-corrected chi connectivity index (χ4v) is 1.58. The van der Waals surface area contributed by atoms with Gasteiger partial charge in [0, 0.05) is 13.3 Å². The molecule has 3 heteroatoms. The van der Waals surface area contributed by atoms with E-state index >= 15 is 0 Å². The highest BCUT2D eigenvalue weighted by atomic mass is 31.1. The van der Waals surface area contributed by atoms with Gasteiger partial charge in [-0.05, 0) is 12.0 Å². The highest BCUT2D eigenvalue weighted by Crippen LogP contribution is 2.21. The van der Waals surface area contributed by atoms with Gasteiger partial charge in [0.05, 0.1) is 0 Å². The van der Waals surface area contributed by atoms with Crippen LogP contribution >= 0.6 is 8.03 Å². The first-order valence-corrected chi connectivity index (χ1v) is 5.22. The van der Waals surface area contributed by atoms with E-state index in [-0.39, 0.29) is 0 Å². The Kier molecular flexibility index (Phi) is 3.92. The van der Waals surface area contributed by atoms with Crippen molar-refractivity contribution in [3.05, 3.63) is 35.9 Å². The Morgan fingerprint density at radius 3 is 2.58 bits per heavy atom. The number of benzene rings is 1. The van der Waals surface area contributed by atoms with E-state index in [9.17, 15) is 4.57 Å². The van der Waals surface area contributed by atoms with Gasteiger partial charge in [-0.3, -0.25) is 4.57 Å². The highest BCUT2D eigenvalue weighted by molar-refractivity contribution is 7.39. The summed E-state index contributed by atoms with van der Waals surface area (Å²) in [4.78, 5) is 0. The van der Waals surface area contributed by atoms with Crippen molar-refractivity contribution in [2.75, 3.05) is 13.3 Å². The van der Waals surface area contributed by atoms with Crippen LogP contribution in [0.5, 0.6) is 0 Å². The summed E-state index contributed by atoms with van der Waals surface area (Å²) in [6.07, 6.45) is 1.43. The lowest BCUT2D eigenvalue weighted by atomic mass is 10.2. The minimum atomic E-state index is -1.45. The van der Waals surface area contributed by atoms with Crippen molar-refractivity contribution in [2.24, 2.45) is 0 Å². The molecule has 0 N–H and O–H groups in total. The minimum absolute atomic E-state index is 0.607. The molecule has 0 fully saturated rings. The molecule has 0 aliphatic rings. The van der Waals surface area contributed by atoms with Crippen molar-refractivity contribution in [1.82, 2.24) is 0 Å². The van der Waals surface area contributed by atoms with Crippen LogP contribution in [0.1, 0.15) is 5.56 Å². The van der Waals surface area contributed by atoms with Crippen LogP contribution in [0.15, 0.2) is 30.3 Å². The average Bonchev–Trinajstić information content (AvgIpc) is 2.16. The first kappa shape index (κ1) is 9.37. The lowest BCUT2D eigenvalue weighted by molar-refractivity contribution is 0.414. The second-order valence-corrected chi connectivity index (χ2v) is 3.95. The second kappa shape index (κ2) is 5.02. The largest absolute Gasteiger partial charge is 0.307 e. The predicted molar refractivity (Wildman–Crippen MR) is 49.6 cm³/mol. The molecule has 0 amide bonds. The summed E-state index contributed by atoms with van der Waals surface area (Å²) in [5.41, 5.74) is 1.21. The zero-order valence-electron chi connectivity index (χ0n) is 7.06. The van der Waals surface area contributed by atoms with Gasteiger partial charge in [0.1, 0.15) is 0 Å². The Hall–Kier alpha value is -0.720. The van der Waals surface area contributed by atoms with Crippen molar-refractivity contribution < 1.29 is 9.09 Å². The van der Waals surface area contributed by atoms with Gasteiger partial charge in [-0.1, -0.05) is 30.3 Å². The molecular weight excluding hydrogens is 171 g/mol. The van der Waals surface area contributed by atoms with Gasteiger partial charge in [0.2, 0.25) is 8.03 Å². The number of hydrogen-bond donors (Lipinski definition) is 0. The molecule has 2 nitrogen and oxygen atoms in total. The fourth-order valence-electron chi connectivity index (χ4n) is 0.956. The van der Waals surface area contributed by atoms with Gasteiger partial charge in [-0.15, -0.1) is 0 Å². The molecule has 1 atom stereocenters. The Morgan fingerprint density at radius 2 is 2.00 bits per heavy atom. The summed E-state index contributed by atoms with van der Waals surface area (Å²) in [5.74, 6) is 0. The van der Waals surface area contributed by atoms with Gasteiger partial charge >= 0.3 is 0 Å². The monoisotopic (exact) mass is 183 g/mol. The normalized spacial score (nSPS) is 11.2. The molecule has 1 rings (SSSR count). The Bertz CT molecular complexity index is 246. The number of rotatable bonds is 4. The molecule has 1 aromatic rings. The smallest absolute Gasteiger partial charge is 0.212 e. The van der Waals surface area contributed by atoms with Crippen LogP contribution in [0, 0.1) is 0 Å². The molecule has 1 unspecified atom stereocenters. The van der Waals surface area contributed by atoms with E-state index in [1.165, 1.54) is 12.7 Å². The molecule has 0 heterocycles. The summed E-state index contributed by atoms with van der Waals surface area (Å²) in [7, 11) is 0.0239. The molecule has 0 aliphatic carbocycles. The van der Waals surface area contributed by atoms with E-state index in [4.69, 9.17) is 0 Å². The minimum Gasteiger partial charge on any atom is -0.307 e. The number of aryl methyl sites for hydroxylation is 1. The molecule has 0 saturated heterocycles. The van der Waals surface area contributed by atoms with Crippen LogP contribution in [-0.2, 0) is 15.5 Å². The summed E-state index contributed by atoms with van der Waals surface area (Å²) in [5, 5.41) is 0. The zero-order chi connectivity index (χ0) is 8.81. The van der Waals surface area contributed by atoms with Gasteiger partial charge in [0.15, 0.2) is 0 Å². The van der Waals surface area contributed by atoms with Crippen molar-refractivity contribution in [3.8, 4) is 0 Å². The molecule has 0 aliphatic heterocycles. The predicted octanol–water partition coefficient (Wildman–Crippen LogP) is 2.62. The second-order valence-electron chi connectivity index (χ2n) is 2.47. The van der Waals surface area contributed by atoms with E-state index in [1.54, 1.807) is 0 Å². The molecule has 0 aromatic heterocycles. The standard InChI is InChI=1S/C9H12O2P/c1-11-12(10)8-7-9-5-3-2-4-6-9/h2-6H,7-8H2,1H3. The molecule has 65 valence electrons. The lowest BCUT2D eigenvalue weighted by Gasteiger charge is -1.98. The summed E-state index contributed by atoms with van der Waals surface area (Å²) >= 11 is 0. The van der Waals surface area contributed by atoms with E-state index in [1.807, 2.05) is 30.3 Å². The van der Waals surface area contributed by atoms with Gasteiger partial charge in [0.25, 0.3) is 0 Å². The quantitative estimate of drug-likeness (QED) is 0.670. The highest BCUT2D eigenvalue weighted by Gasteiger charge is 1.98. The molecule has 1 aromatic carbocycles. The maximum absolute atomic E-state index is 10.9. The first-order valence-electron chi connectivity index (χ1n) is 3.85. The van der Waals surface area contributed by atoms with Crippen LogP contribution in [0.2, 0.25) is 0 Å². The topological polar surface area (TPSA) is 26.3 Å². The van der Waals surface area contributed by atoms with Crippen LogP contribution in [-0.4, -0.2) is 13.3 Å². The van der Waals surface area contributed by atoms with E-state index < -0.39 is 8.03 Å². The fraction of sp³-hybridized carbons (Fsp3) is 0.333. The van der Waals surface area contributed by atoms with Crippen LogP contribution in [0.3, 0.4) is 0 Å². The SMILES string of the molecule is CO[P](=O)CCc1ccccc1. The molecule has 0 bridgehead atoms. The molecule has 0 spiro atoms. The van der Waals surface area contributed by atoms with Crippen molar-refractivity contribution in [1.29, 1.82) is 0 Å². The third kappa shape index (κ3) is 3.12. The Balaban J connectivity index is 2.38. The van der Waals surface area contributed by atoms with E-state index in [2.05, 4.69) is 4.52 Å². The van der Waals surface area contributed by atoms with Gasteiger partial charge in [-0.2, -0.15) is 0 Å². The summed E-state index contributed by atoms with van der Waals surface area (Å²) in [6, 6.07) is 9.99. The lowest BCUT2D eigenvalue weighted by Crippen LogP contribution is -1.87. The third-order valence-corrected chi connectivity index (χ3v) is 2.63. The Labute approximate surface area is 73.4 Å². The van der Waals surface area contributed by atoms with Gasteiger partial charge < -0.3 is 4.52 Å². The van der Waals surface area contributed by atoms with Crippen LogP contribution < -0.4 is 0 Å². The average molecular weight is 183 g/mol. The summed E-state index contributed by atoms with van der Waals surface area (Å²) in [6.45, 7) is 0. The first-order chi connectivity index (χ1) is 5.83. The third-order valence-electron chi connectivity index (χ3n) is 1.63. The molecule has 1 radical (unpaired) electrons. The summed E-state index contributed by atoms with van der Waals surface area (Å²) < 4.78 is 15.6. The van der Waals surface area contributed by atoms with Crippen molar-refractivity contribution >= 4 is 8.03 Å². The van der Waals surface area contributed by atoms with Crippen LogP contribution in [0.25, 0.3) is 0 Å². The van der Waals surface area contributed by atoms with E-state index in [0.29, 0.717) is 6.16 Å². The van der Waals surface area contributed by atoms with Gasteiger partial charge in [-0.25, -0.2) is 0 Å². The zero-order valence-corrected chi connectivity index (χ0v) is 7.96. The molecule has 12 heavy (non-hydrogen) atoms. The van der Waals surface area contributed by atoms with Crippen molar-refractivity contribution in [3.63, 3.8) is 0 Å². The Morgan fingerprint density at radius 1 is 1.33 bits per heavy atom.